The van der Waals surface area contributed by atoms with Crippen LogP contribution in [0.25, 0.3) is 10.9 Å². The third kappa shape index (κ3) is 2.07. The molecule has 106 valence electrons. The lowest BCUT2D eigenvalue weighted by atomic mass is 10.1. The van der Waals surface area contributed by atoms with Gasteiger partial charge >= 0.3 is 5.69 Å². The Bertz CT molecular complexity index is 772. The molecule has 2 heterocycles. The Hall–Kier alpha value is -1.59. The Morgan fingerprint density at radius 2 is 2.15 bits per heavy atom. The lowest BCUT2D eigenvalue weighted by Gasteiger charge is -2.25. The first-order valence-electron chi connectivity index (χ1n) is 6.71. The van der Waals surface area contributed by atoms with Gasteiger partial charge in [-0.15, -0.1) is 0 Å². The number of halogens is 1. The number of hydrogen-bond donors (Lipinski definition) is 1. The van der Waals surface area contributed by atoms with Crippen LogP contribution in [0, 0.1) is 0 Å². The summed E-state index contributed by atoms with van der Waals surface area (Å²) in [5.41, 5.74) is 0.0689. The quantitative estimate of drug-likeness (QED) is 0.862. The second-order valence-corrected chi connectivity index (χ2v) is 5.61. The van der Waals surface area contributed by atoms with Gasteiger partial charge in [-0.25, -0.2) is 4.79 Å². The fourth-order valence-corrected chi connectivity index (χ4v) is 2.99. The van der Waals surface area contributed by atoms with E-state index in [0.29, 0.717) is 22.5 Å². The van der Waals surface area contributed by atoms with E-state index < -0.39 is 0 Å². The molecule has 0 saturated carbocycles. The zero-order valence-corrected chi connectivity index (χ0v) is 12.0. The van der Waals surface area contributed by atoms with Gasteiger partial charge in [-0.05, 0) is 37.6 Å². The number of aryl methyl sites for hydroxylation is 1. The molecule has 0 amide bonds. The Balaban J connectivity index is 2.30. The van der Waals surface area contributed by atoms with Crippen molar-refractivity contribution in [2.75, 3.05) is 13.1 Å². The second kappa shape index (κ2) is 5.07. The summed E-state index contributed by atoms with van der Waals surface area (Å²) in [6.07, 6.45) is 1.82. The SMILES string of the molecule is Cn1c(=O)n(C2CCCNC2)c(=O)c2ccc(Cl)cc21. The van der Waals surface area contributed by atoms with Crippen molar-refractivity contribution in [2.45, 2.75) is 18.9 Å². The van der Waals surface area contributed by atoms with Gasteiger partial charge < -0.3 is 5.32 Å². The van der Waals surface area contributed by atoms with E-state index in [2.05, 4.69) is 5.32 Å². The molecule has 6 heteroatoms. The molecule has 3 rings (SSSR count). The second-order valence-electron chi connectivity index (χ2n) is 5.18. The predicted octanol–water partition coefficient (Wildman–Crippen LogP) is 1.28. The third-order valence-corrected chi connectivity index (χ3v) is 4.13. The number of fused-ring (bicyclic) bond motifs is 1. The maximum Gasteiger partial charge on any atom is 0.331 e. The van der Waals surface area contributed by atoms with Crippen LogP contribution in [0.15, 0.2) is 27.8 Å². The van der Waals surface area contributed by atoms with Crippen molar-refractivity contribution >= 4 is 22.5 Å². The van der Waals surface area contributed by atoms with E-state index in [1.807, 2.05) is 0 Å². The Labute approximate surface area is 120 Å². The van der Waals surface area contributed by atoms with Crippen LogP contribution in [-0.4, -0.2) is 22.2 Å². The van der Waals surface area contributed by atoms with Gasteiger partial charge in [-0.3, -0.25) is 13.9 Å². The van der Waals surface area contributed by atoms with Crippen molar-refractivity contribution in [2.24, 2.45) is 7.05 Å². The Morgan fingerprint density at radius 1 is 1.35 bits per heavy atom. The molecular weight excluding hydrogens is 278 g/mol. The number of benzene rings is 1. The zero-order chi connectivity index (χ0) is 14.3. The normalized spacial score (nSPS) is 19.4. The minimum atomic E-state index is -0.279. The van der Waals surface area contributed by atoms with Crippen molar-refractivity contribution < 1.29 is 0 Å². The molecule has 0 aliphatic carbocycles. The Kier molecular flexibility index (Phi) is 3.40. The van der Waals surface area contributed by atoms with Crippen molar-refractivity contribution in [3.05, 3.63) is 44.1 Å². The first kappa shape index (κ1) is 13.4. The van der Waals surface area contributed by atoms with Gasteiger partial charge in [0.2, 0.25) is 0 Å². The number of hydrogen-bond acceptors (Lipinski definition) is 3. The summed E-state index contributed by atoms with van der Waals surface area (Å²) < 4.78 is 2.87. The van der Waals surface area contributed by atoms with Gasteiger partial charge in [0.05, 0.1) is 16.9 Å². The summed E-state index contributed by atoms with van der Waals surface area (Å²) >= 11 is 5.95. The van der Waals surface area contributed by atoms with Crippen molar-refractivity contribution in [3.8, 4) is 0 Å². The van der Waals surface area contributed by atoms with Crippen molar-refractivity contribution in [1.82, 2.24) is 14.5 Å². The van der Waals surface area contributed by atoms with E-state index in [1.54, 1.807) is 25.2 Å². The van der Waals surface area contributed by atoms with Gasteiger partial charge in [0.15, 0.2) is 0 Å². The first-order valence-corrected chi connectivity index (χ1v) is 7.09. The average Bonchev–Trinajstić information content (AvgIpc) is 2.46. The molecule has 1 aromatic carbocycles. The van der Waals surface area contributed by atoms with Crippen LogP contribution in [0.1, 0.15) is 18.9 Å². The first-order chi connectivity index (χ1) is 9.59. The highest BCUT2D eigenvalue weighted by atomic mass is 35.5. The minimum Gasteiger partial charge on any atom is -0.315 e. The minimum absolute atomic E-state index is 0.0740. The van der Waals surface area contributed by atoms with E-state index in [-0.39, 0.29) is 17.3 Å². The standard InChI is InChI=1S/C14H16ClN3O2/c1-17-12-7-9(15)4-5-11(12)13(19)18(14(17)20)10-3-2-6-16-8-10/h4-5,7,10,16H,2-3,6,8H2,1H3. The molecule has 2 aromatic rings. The van der Waals surface area contributed by atoms with E-state index >= 15 is 0 Å². The van der Waals surface area contributed by atoms with Crippen LogP contribution in [0.4, 0.5) is 0 Å². The monoisotopic (exact) mass is 293 g/mol. The average molecular weight is 294 g/mol. The summed E-state index contributed by atoms with van der Waals surface area (Å²) in [6.45, 7) is 1.60. The van der Waals surface area contributed by atoms with Crippen LogP contribution in [0.5, 0.6) is 0 Å². The maximum absolute atomic E-state index is 12.6. The molecule has 1 N–H and O–H groups in total. The number of nitrogens with zero attached hydrogens (tertiary/aromatic N) is 2. The molecular formula is C14H16ClN3O2. The van der Waals surface area contributed by atoms with E-state index in [4.69, 9.17) is 11.6 Å². The molecule has 1 atom stereocenters. The van der Waals surface area contributed by atoms with Gasteiger partial charge in [0, 0.05) is 18.6 Å². The highest BCUT2D eigenvalue weighted by Crippen LogP contribution is 2.17. The molecule has 1 fully saturated rings. The highest BCUT2D eigenvalue weighted by Gasteiger charge is 2.21. The van der Waals surface area contributed by atoms with E-state index in [0.717, 1.165) is 19.4 Å². The summed E-state index contributed by atoms with van der Waals surface area (Å²) in [6, 6.07) is 4.95. The zero-order valence-electron chi connectivity index (χ0n) is 11.2. The summed E-state index contributed by atoms with van der Waals surface area (Å²) in [5, 5.41) is 4.28. The van der Waals surface area contributed by atoms with Crippen LogP contribution in [0.3, 0.4) is 0 Å². The third-order valence-electron chi connectivity index (χ3n) is 3.90. The molecule has 1 unspecified atom stereocenters. The molecule has 0 radical (unpaired) electrons. The van der Waals surface area contributed by atoms with Crippen LogP contribution < -0.4 is 16.6 Å². The summed E-state index contributed by atoms with van der Waals surface area (Å²) in [7, 11) is 1.67. The van der Waals surface area contributed by atoms with Crippen LogP contribution in [0.2, 0.25) is 5.02 Å². The number of aromatic nitrogens is 2. The molecule has 5 nitrogen and oxygen atoms in total. The molecule has 0 bridgehead atoms. The molecule has 1 aliphatic heterocycles. The molecule has 1 saturated heterocycles. The maximum atomic E-state index is 12.6. The Morgan fingerprint density at radius 3 is 2.85 bits per heavy atom. The van der Waals surface area contributed by atoms with Crippen LogP contribution in [-0.2, 0) is 7.05 Å². The molecule has 1 aromatic heterocycles. The van der Waals surface area contributed by atoms with Gasteiger partial charge in [0.1, 0.15) is 0 Å². The lowest BCUT2D eigenvalue weighted by molar-refractivity contribution is 0.351. The lowest BCUT2D eigenvalue weighted by Crippen LogP contribution is -2.46. The van der Waals surface area contributed by atoms with E-state index in [9.17, 15) is 9.59 Å². The fraction of sp³-hybridized carbons (Fsp3) is 0.429. The van der Waals surface area contributed by atoms with E-state index in [1.165, 1.54) is 9.13 Å². The highest BCUT2D eigenvalue weighted by molar-refractivity contribution is 6.31. The van der Waals surface area contributed by atoms with Gasteiger partial charge in [-0.2, -0.15) is 0 Å². The van der Waals surface area contributed by atoms with Crippen molar-refractivity contribution in [3.63, 3.8) is 0 Å². The topological polar surface area (TPSA) is 56.0 Å². The summed E-state index contributed by atoms with van der Waals surface area (Å²) in [5.74, 6) is 0. The molecule has 1 aliphatic rings. The fourth-order valence-electron chi connectivity index (χ4n) is 2.82. The number of piperidine rings is 1. The predicted molar refractivity (Wildman–Crippen MR) is 79.6 cm³/mol. The van der Waals surface area contributed by atoms with Gasteiger partial charge in [-0.1, -0.05) is 11.6 Å². The smallest absolute Gasteiger partial charge is 0.315 e. The largest absolute Gasteiger partial charge is 0.331 e. The molecule has 0 spiro atoms. The van der Waals surface area contributed by atoms with Gasteiger partial charge in [0.25, 0.3) is 5.56 Å². The van der Waals surface area contributed by atoms with Crippen molar-refractivity contribution in [1.29, 1.82) is 0 Å². The number of nitrogens with one attached hydrogen (secondary N) is 1. The molecule has 20 heavy (non-hydrogen) atoms. The van der Waals surface area contributed by atoms with Crippen LogP contribution >= 0.6 is 11.6 Å². The number of rotatable bonds is 1. The summed E-state index contributed by atoms with van der Waals surface area (Å²) in [4.78, 5) is 25.1.